The van der Waals surface area contributed by atoms with Crippen LogP contribution in [-0.2, 0) is 19.6 Å². The molecule has 2 N–H and O–H groups in total. The summed E-state index contributed by atoms with van der Waals surface area (Å²) in [5.41, 5.74) is 0. The Morgan fingerprint density at radius 1 is 1.23 bits per heavy atom. The second kappa shape index (κ2) is 6.54. The van der Waals surface area contributed by atoms with Crippen LogP contribution in [0, 0.1) is 17.8 Å². The number of amides is 1. The molecule has 0 aromatic heterocycles. The first kappa shape index (κ1) is 17.2. The molecule has 1 aliphatic heterocycles. The van der Waals surface area contributed by atoms with E-state index < -0.39 is 27.8 Å². The number of carbonyl (C=O) groups excluding carboxylic acids is 1. The fourth-order valence-corrected chi connectivity index (χ4v) is 4.69. The van der Waals surface area contributed by atoms with Crippen LogP contribution in [-0.4, -0.2) is 54.6 Å². The van der Waals surface area contributed by atoms with Gasteiger partial charge in [-0.25, -0.2) is 12.7 Å². The van der Waals surface area contributed by atoms with Gasteiger partial charge < -0.3 is 10.4 Å². The Kier molecular flexibility index (Phi) is 5.11. The predicted molar refractivity (Wildman–Crippen MR) is 80.6 cm³/mol. The van der Waals surface area contributed by atoms with E-state index in [4.69, 9.17) is 5.11 Å². The first-order chi connectivity index (χ1) is 10.2. The van der Waals surface area contributed by atoms with Crippen molar-refractivity contribution >= 4 is 21.9 Å². The molecule has 22 heavy (non-hydrogen) atoms. The van der Waals surface area contributed by atoms with Crippen LogP contribution in [0.2, 0.25) is 0 Å². The van der Waals surface area contributed by atoms with Crippen LogP contribution in [0.5, 0.6) is 0 Å². The lowest BCUT2D eigenvalue weighted by molar-refractivity contribution is -0.140. The number of hydrogen-bond donors (Lipinski definition) is 2. The maximum atomic E-state index is 12.1. The third-order valence-electron chi connectivity index (χ3n) is 4.18. The van der Waals surface area contributed by atoms with Crippen molar-refractivity contribution in [2.75, 3.05) is 18.8 Å². The monoisotopic (exact) mass is 332 g/mol. The number of piperidine rings is 1. The number of carboxylic acid groups (broad SMARTS) is 1. The molecule has 7 nitrogen and oxygen atoms in total. The molecular weight excluding hydrogens is 308 g/mol. The van der Waals surface area contributed by atoms with Crippen LogP contribution in [0.3, 0.4) is 0 Å². The van der Waals surface area contributed by atoms with Gasteiger partial charge in [0.1, 0.15) is 0 Å². The van der Waals surface area contributed by atoms with Crippen molar-refractivity contribution in [3.63, 3.8) is 0 Å². The molecule has 1 heterocycles. The average Bonchev–Trinajstić information content (AvgIpc) is 3.18. The van der Waals surface area contributed by atoms with E-state index in [1.807, 2.05) is 13.8 Å². The first-order valence-electron chi connectivity index (χ1n) is 7.71. The number of sulfonamides is 1. The Labute approximate surface area is 131 Å². The second-order valence-corrected chi connectivity index (χ2v) is 8.65. The van der Waals surface area contributed by atoms with Gasteiger partial charge in [-0.1, -0.05) is 13.8 Å². The number of aliphatic carboxylic acids is 1. The van der Waals surface area contributed by atoms with E-state index >= 15 is 0 Å². The normalized spacial score (nSPS) is 26.9. The summed E-state index contributed by atoms with van der Waals surface area (Å²) in [6.45, 7) is 4.57. The Bertz CT molecular complexity index is 537. The number of nitrogens with one attached hydrogen (secondary N) is 1. The smallest absolute Gasteiger partial charge is 0.307 e. The summed E-state index contributed by atoms with van der Waals surface area (Å²) in [6, 6.07) is -0.0620. The van der Waals surface area contributed by atoms with Crippen LogP contribution >= 0.6 is 0 Å². The third-order valence-corrected chi connectivity index (χ3v) is 6.42. The number of rotatable bonds is 6. The molecular formula is C14H24N2O5S. The molecule has 8 heteroatoms. The van der Waals surface area contributed by atoms with Gasteiger partial charge in [0.15, 0.2) is 0 Å². The molecule has 1 saturated carbocycles. The van der Waals surface area contributed by atoms with E-state index in [-0.39, 0.29) is 23.6 Å². The summed E-state index contributed by atoms with van der Waals surface area (Å²) < 4.78 is 25.8. The summed E-state index contributed by atoms with van der Waals surface area (Å²) in [7, 11) is -3.22. The highest BCUT2D eigenvalue weighted by molar-refractivity contribution is 7.89. The number of carbonyl (C=O) groups is 2. The molecule has 126 valence electrons. The highest BCUT2D eigenvalue weighted by atomic mass is 32.2. The standard InChI is InChI=1S/C14H24N2O5S/c1-9(2)8-22(20,21)16-5-3-10(4-6-16)15-13(17)11-7-12(11)14(18)19/h9-12H,3-8H2,1-2H3,(H,15,17)(H,18,19)/t11-,12-/m1/s1. The van der Waals surface area contributed by atoms with Crippen molar-refractivity contribution < 1.29 is 23.1 Å². The van der Waals surface area contributed by atoms with Gasteiger partial charge in [-0.3, -0.25) is 9.59 Å². The van der Waals surface area contributed by atoms with Crippen LogP contribution in [0.25, 0.3) is 0 Å². The summed E-state index contributed by atoms with van der Waals surface area (Å²) in [4.78, 5) is 22.7. The number of carboxylic acids is 1. The number of nitrogens with zero attached hydrogens (tertiary/aromatic N) is 1. The molecule has 1 amide bonds. The van der Waals surface area contributed by atoms with Crippen LogP contribution in [0.1, 0.15) is 33.1 Å². The van der Waals surface area contributed by atoms with Crippen molar-refractivity contribution in [3.05, 3.63) is 0 Å². The lowest BCUT2D eigenvalue weighted by atomic mass is 10.1. The summed E-state index contributed by atoms with van der Waals surface area (Å²) in [6.07, 6.45) is 1.56. The summed E-state index contributed by atoms with van der Waals surface area (Å²) in [5.74, 6) is -1.87. The van der Waals surface area contributed by atoms with Crippen LogP contribution < -0.4 is 5.32 Å². The predicted octanol–water partition coefficient (Wildman–Crippen LogP) is 0.274. The van der Waals surface area contributed by atoms with Crippen LogP contribution in [0.15, 0.2) is 0 Å². The van der Waals surface area contributed by atoms with Gasteiger partial charge in [0.05, 0.1) is 17.6 Å². The molecule has 2 atom stereocenters. The highest BCUT2D eigenvalue weighted by Gasteiger charge is 2.48. The van der Waals surface area contributed by atoms with E-state index in [1.165, 1.54) is 4.31 Å². The minimum Gasteiger partial charge on any atom is -0.481 e. The second-order valence-electron chi connectivity index (χ2n) is 6.64. The lowest BCUT2D eigenvalue weighted by Crippen LogP contribution is -2.47. The molecule has 0 unspecified atom stereocenters. The largest absolute Gasteiger partial charge is 0.481 e. The Morgan fingerprint density at radius 2 is 1.82 bits per heavy atom. The molecule has 1 aliphatic carbocycles. The Balaban J connectivity index is 1.78. The van der Waals surface area contributed by atoms with E-state index in [0.717, 1.165) is 0 Å². The van der Waals surface area contributed by atoms with E-state index in [9.17, 15) is 18.0 Å². The summed E-state index contributed by atoms with van der Waals surface area (Å²) >= 11 is 0. The minimum absolute atomic E-state index is 0.0620. The fourth-order valence-electron chi connectivity index (χ4n) is 2.87. The lowest BCUT2D eigenvalue weighted by Gasteiger charge is -2.32. The molecule has 0 aromatic carbocycles. The zero-order valence-corrected chi connectivity index (χ0v) is 13.8. The average molecular weight is 332 g/mol. The van der Waals surface area contributed by atoms with Gasteiger partial charge in [-0.2, -0.15) is 0 Å². The maximum absolute atomic E-state index is 12.1. The molecule has 0 aromatic rings. The van der Waals surface area contributed by atoms with Gasteiger partial charge in [0.2, 0.25) is 15.9 Å². The van der Waals surface area contributed by atoms with Crippen molar-refractivity contribution in [1.29, 1.82) is 0 Å². The maximum Gasteiger partial charge on any atom is 0.307 e. The van der Waals surface area contributed by atoms with Crippen molar-refractivity contribution in [3.8, 4) is 0 Å². The molecule has 0 radical (unpaired) electrons. The quantitative estimate of drug-likeness (QED) is 0.727. The van der Waals surface area contributed by atoms with E-state index in [1.54, 1.807) is 0 Å². The van der Waals surface area contributed by atoms with Gasteiger partial charge in [0, 0.05) is 19.1 Å². The molecule has 0 spiro atoms. The highest BCUT2D eigenvalue weighted by Crippen LogP contribution is 2.38. The van der Waals surface area contributed by atoms with Crippen molar-refractivity contribution in [2.45, 2.75) is 39.2 Å². The topological polar surface area (TPSA) is 104 Å². The molecule has 2 aliphatic rings. The summed E-state index contributed by atoms with van der Waals surface area (Å²) in [5, 5.41) is 11.7. The molecule has 2 fully saturated rings. The zero-order valence-electron chi connectivity index (χ0n) is 13.0. The zero-order chi connectivity index (χ0) is 16.5. The fraction of sp³-hybridized carbons (Fsp3) is 0.857. The first-order valence-corrected chi connectivity index (χ1v) is 9.32. The van der Waals surface area contributed by atoms with Crippen molar-refractivity contribution in [1.82, 2.24) is 9.62 Å². The van der Waals surface area contributed by atoms with Gasteiger partial charge >= 0.3 is 5.97 Å². The number of hydrogen-bond acceptors (Lipinski definition) is 4. The SMILES string of the molecule is CC(C)CS(=O)(=O)N1CCC(NC(=O)[C@@H]2C[C@H]2C(=O)O)CC1. The van der Waals surface area contributed by atoms with Crippen LogP contribution in [0.4, 0.5) is 0 Å². The van der Waals surface area contributed by atoms with Crippen molar-refractivity contribution in [2.24, 2.45) is 17.8 Å². The van der Waals surface area contributed by atoms with Gasteiger partial charge in [-0.15, -0.1) is 0 Å². The van der Waals surface area contributed by atoms with Gasteiger partial charge in [-0.05, 0) is 25.2 Å². The minimum atomic E-state index is -3.22. The van der Waals surface area contributed by atoms with E-state index in [2.05, 4.69) is 5.32 Å². The Hall–Kier alpha value is -1.15. The third kappa shape index (κ3) is 4.19. The molecule has 2 rings (SSSR count). The molecule has 0 bridgehead atoms. The molecule has 1 saturated heterocycles. The Morgan fingerprint density at radius 3 is 2.27 bits per heavy atom. The van der Waals surface area contributed by atoms with E-state index in [0.29, 0.717) is 32.4 Å². The van der Waals surface area contributed by atoms with Gasteiger partial charge in [0.25, 0.3) is 0 Å².